The van der Waals surface area contributed by atoms with E-state index >= 15 is 0 Å². The van der Waals surface area contributed by atoms with Gasteiger partial charge in [0, 0.05) is 9.80 Å². The van der Waals surface area contributed by atoms with Crippen LogP contribution in [0.2, 0.25) is 0 Å². The Balaban J connectivity index is 2.63. The second-order valence-electron chi connectivity index (χ2n) is 2.64. The second-order valence-corrected chi connectivity index (χ2v) is 3.62. The number of nitro groups is 1. The van der Waals surface area contributed by atoms with Gasteiger partial charge in [-0.2, -0.15) is 0 Å². The van der Waals surface area contributed by atoms with Crippen molar-refractivity contribution in [2.24, 2.45) is 0 Å². The lowest BCUT2D eigenvalue weighted by Crippen LogP contribution is -2.10. The predicted octanol–water partition coefficient (Wildman–Crippen LogP) is 2.52. The molecule has 0 aliphatic rings. The van der Waals surface area contributed by atoms with Crippen molar-refractivity contribution >= 4 is 11.3 Å². The molecule has 1 aromatic heterocycles. The van der Waals surface area contributed by atoms with Crippen LogP contribution in [0, 0.1) is 10.1 Å². The highest BCUT2D eigenvalue weighted by atomic mass is 32.1. The van der Waals surface area contributed by atoms with Crippen LogP contribution in [0.5, 0.6) is 0 Å². The van der Waals surface area contributed by atoms with Gasteiger partial charge >= 0.3 is 0 Å². The van der Waals surface area contributed by atoms with Crippen LogP contribution in [0.1, 0.15) is 24.1 Å². The Labute approximate surface area is 75.2 Å². The van der Waals surface area contributed by atoms with Crippen molar-refractivity contribution in [3.05, 3.63) is 32.5 Å². The number of hydrogen-bond acceptors (Lipinski definition) is 3. The fourth-order valence-electron chi connectivity index (χ4n) is 1.12. The first-order valence-corrected chi connectivity index (χ1v) is 4.77. The second kappa shape index (κ2) is 4.21. The average molecular weight is 185 g/mol. The van der Waals surface area contributed by atoms with Gasteiger partial charge in [0.15, 0.2) is 0 Å². The van der Waals surface area contributed by atoms with E-state index in [1.165, 1.54) is 0 Å². The molecule has 0 N–H and O–H groups in total. The molecule has 0 saturated heterocycles. The molecule has 0 amide bonds. The van der Waals surface area contributed by atoms with E-state index in [0.717, 1.165) is 11.3 Å². The summed E-state index contributed by atoms with van der Waals surface area (Å²) < 4.78 is 0. The molecule has 1 aromatic rings. The van der Waals surface area contributed by atoms with E-state index in [-0.39, 0.29) is 17.4 Å². The van der Waals surface area contributed by atoms with Gasteiger partial charge in [-0.1, -0.05) is 13.0 Å². The van der Waals surface area contributed by atoms with Crippen LogP contribution in [-0.2, 0) is 0 Å². The summed E-state index contributed by atoms with van der Waals surface area (Å²) in [6.45, 7) is 2.03. The van der Waals surface area contributed by atoms with Crippen molar-refractivity contribution in [3.63, 3.8) is 0 Å². The molecule has 0 aromatic carbocycles. The third-order valence-electron chi connectivity index (χ3n) is 1.81. The van der Waals surface area contributed by atoms with E-state index in [1.54, 1.807) is 11.3 Å². The number of thiophene rings is 1. The summed E-state index contributed by atoms with van der Waals surface area (Å²) in [5, 5.41) is 12.2. The Hall–Kier alpha value is -0.900. The van der Waals surface area contributed by atoms with Gasteiger partial charge in [-0.15, -0.1) is 11.3 Å². The van der Waals surface area contributed by atoms with Crippen molar-refractivity contribution < 1.29 is 4.92 Å². The quantitative estimate of drug-likeness (QED) is 0.534. The molecule has 0 spiro atoms. The van der Waals surface area contributed by atoms with E-state index in [2.05, 4.69) is 0 Å². The Morgan fingerprint density at radius 1 is 1.75 bits per heavy atom. The highest BCUT2D eigenvalue weighted by Crippen LogP contribution is 2.23. The van der Waals surface area contributed by atoms with Crippen LogP contribution >= 0.6 is 11.3 Å². The first kappa shape index (κ1) is 9.19. The van der Waals surface area contributed by atoms with E-state index in [4.69, 9.17) is 0 Å². The van der Waals surface area contributed by atoms with E-state index < -0.39 is 0 Å². The Morgan fingerprint density at radius 2 is 2.50 bits per heavy atom. The largest absolute Gasteiger partial charge is 0.265 e. The monoisotopic (exact) mass is 185 g/mol. The standard InChI is InChI=1S/C8H11NO2S/c1-2-7(6-9(10)11)8-4-3-5-12-8/h3-5,7H,2,6H2,1H3. The SMILES string of the molecule is CCC(C[N+](=O)[O-])c1cccs1. The molecule has 0 aliphatic carbocycles. The molecule has 66 valence electrons. The fourth-order valence-corrected chi connectivity index (χ4v) is 2.03. The molecule has 3 nitrogen and oxygen atoms in total. The zero-order valence-electron chi connectivity index (χ0n) is 6.90. The van der Waals surface area contributed by atoms with Crippen LogP contribution in [-0.4, -0.2) is 11.5 Å². The van der Waals surface area contributed by atoms with Gasteiger partial charge in [0.2, 0.25) is 6.54 Å². The first-order chi connectivity index (χ1) is 5.74. The van der Waals surface area contributed by atoms with Crippen molar-refractivity contribution in [2.75, 3.05) is 6.54 Å². The molecule has 12 heavy (non-hydrogen) atoms. The Bertz CT molecular complexity index is 246. The number of rotatable bonds is 4. The van der Waals surface area contributed by atoms with Crippen LogP contribution in [0.25, 0.3) is 0 Å². The minimum atomic E-state index is -0.242. The van der Waals surface area contributed by atoms with Crippen molar-refractivity contribution in [1.82, 2.24) is 0 Å². The lowest BCUT2D eigenvalue weighted by molar-refractivity contribution is -0.483. The van der Waals surface area contributed by atoms with Gasteiger partial charge in [-0.05, 0) is 17.9 Å². The minimum absolute atomic E-state index is 0.0526. The van der Waals surface area contributed by atoms with Crippen LogP contribution in [0.15, 0.2) is 17.5 Å². The normalized spacial score (nSPS) is 12.8. The predicted molar refractivity (Wildman–Crippen MR) is 49.2 cm³/mol. The molecule has 0 saturated carbocycles. The molecular formula is C8H11NO2S. The summed E-state index contributed by atoms with van der Waals surface area (Å²) in [7, 11) is 0. The zero-order valence-corrected chi connectivity index (χ0v) is 7.71. The molecule has 1 heterocycles. The van der Waals surface area contributed by atoms with Crippen molar-refractivity contribution in [3.8, 4) is 0 Å². The summed E-state index contributed by atoms with van der Waals surface area (Å²) in [6, 6.07) is 3.89. The molecule has 0 bridgehead atoms. The fraction of sp³-hybridized carbons (Fsp3) is 0.500. The summed E-state index contributed by atoms with van der Waals surface area (Å²) in [4.78, 5) is 11.2. The van der Waals surface area contributed by atoms with Crippen LogP contribution < -0.4 is 0 Å². The Morgan fingerprint density at radius 3 is 2.92 bits per heavy atom. The van der Waals surface area contributed by atoms with Crippen LogP contribution in [0.4, 0.5) is 0 Å². The molecule has 1 rings (SSSR count). The third kappa shape index (κ3) is 2.30. The summed E-state index contributed by atoms with van der Waals surface area (Å²) in [6.07, 6.45) is 0.835. The summed E-state index contributed by atoms with van der Waals surface area (Å²) in [5.41, 5.74) is 0. The zero-order chi connectivity index (χ0) is 8.97. The molecule has 4 heteroatoms. The number of hydrogen-bond donors (Lipinski definition) is 0. The highest BCUT2D eigenvalue weighted by molar-refractivity contribution is 7.10. The van der Waals surface area contributed by atoms with E-state index in [0.29, 0.717) is 0 Å². The van der Waals surface area contributed by atoms with Gasteiger partial charge in [-0.3, -0.25) is 10.1 Å². The van der Waals surface area contributed by atoms with Gasteiger partial charge in [-0.25, -0.2) is 0 Å². The highest BCUT2D eigenvalue weighted by Gasteiger charge is 2.15. The van der Waals surface area contributed by atoms with Gasteiger partial charge < -0.3 is 0 Å². The molecule has 0 aliphatic heterocycles. The Kier molecular flexibility index (Phi) is 3.22. The molecule has 1 unspecified atom stereocenters. The minimum Gasteiger partial charge on any atom is -0.265 e. The summed E-state index contributed by atoms with van der Waals surface area (Å²) >= 11 is 1.59. The molecule has 1 atom stereocenters. The maximum Gasteiger partial charge on any atom is 0.211 e. The van der Waals surface area contributed by atoms with Gasteiger partial charge in [0.25, 0.3) is 0 Å². The van der Waals surface area contributed by atoms with Gasteiger partial charge in [0.05, 0.1) is 5.92 Å². The van der Waals surface area contributed by atoms with Gasteiger partial charge in [0.1, 0.15) is 0 Å². The lowest BCUT2D eigenvalue weighted by Gasteiger charge is -2.06. The third-order valence-corrected chi connectivity index (χ3v) is 2.84. The molecular weight excluding hydrogens is 174 g/mol. The van der Waals surface area contributed by atoms with E-state index in [9.17, 15) is 10.1 Å². The molecule has 0 radical (unpaired) electrons. The number of nitrogens with zero attached hydrogens (tertiary/aromatic N) is 1. The maximum atomic E-state index is 10.3. The average Bonchev–Trinajstić information content (AvgIpc) is 2.51. The smallest absolute Gasteiger partial charge is 0.211 e. The van der Waals surface area contributed by atoms with E-state index in [1.807, 2.05) is 24.4 Å². The van der Waals surface area contributed by atoms with Crippen LogP contribution in [0.3, 0.4) is 0 Å². The topological polar surface area (TPSA) is 43.1 Å². The molecule has 0 fully saturated rings. The lowest BCUT2D eigenvalue weighted by atomic mass is 10.1. The first-order valence-electron chi connectivity index (χ1n) is 3.89. The maximum absolute atomic E-state index is 10.3. The van der Waals surface area contributed by atoms with Crippen molar-refractivity contribution in [2.45, 2.75) is 19.3 Å². The summed E-state index contributed by atoms with van der Waals surface area (Å²) in [5.74, 6) is 0.0972. The van der Waals surface area contributed by atoms with Crippen molar-refractivity contribution in [1.29, 1.82) is 0 Å².